The average molecular weight is 371 g/mol. The Labute approximate surface area is 156 Å². The van der Waals surface area contributed by atoms with Gasteiger partial charge in [0.05, 0.1) is 23.7 Å². The van der Waals surface area contributed by atoms with Crippen molar-refractivity contribution in [3.05, 3.63) is 70.0 Å². The van der Waals surface area contributed by atoms with Crippen molar-refractivity contribution in [3.63, 3.8) is 0 Å². The Hall–Kier alpha value is -2.79. The van der Waals surface area contributed by atoms with Crippen LogP contribution >= 0.6 is 11.6 Å². The lowest BCUT2D eigenvalue weighted by molar-refractivity contribution is -0.116. The number of carbonyl (C=O) groups excluding carboxylic acids is 2. The fourth-order valence-corrected chi connectivity index (χ4v) is 3.11. The van der Waals surface area contributed by atoms with Crippen LogP contribution in [0.1, 0.15) is 41.7 Å². The zero-order chi connectivity index (χ0) is 18.7. The molecule has 6 heteroatoms. The van der Waals surface area contributed by atoms with Crippen LogP contribution in [-0.4, -0.2) is 17.2 Å². The summed E-state index contributed by atoms with van der Waals surface area (Å²) in [6.07, 6.45) is 1.69. The summed E-state index contributed by atoms with van der Waals surface area (Å²) in [4.78, 5) is 23.0. The lowest BCUT2D eigenvalue weighted by atomic mass is 9.95. The molecule has 3 rings (SSSR count). The number of allylic oxidation sites excluding steroid dienone is 2. The van der Waals surface area contributed by atoms with Gasteiger partial charge in [0, 0.05) is 10.7 Å². The summed E-state index contributed by atoms with van der Waals surface area (Å²) in [6.45, 7) is 2.05. The summed E-state index contributed by atoms with van der Waals surface area (Å²) >= 11 is 6.07. The van der Waals surface area contributed by atoms with E-state index in [1.54, 1.807) is 12.1 Å². The number of rotatable bonds is 7. The maximum absolute atomic E-state index is 12.0. The molecule has 2 aromatic carbocycles. The fourth-order valence-electron chi connectivity index (χ4n) is 2.91. The van der Waals surface area contributed by atoms with E-state index in [-0.39, 0.29) is 23.1 Å². The smallest absolute Gasteiger partial charge is 0.186 e. The van der Waals surface area contributed by atoms with E-state index in [9.17, 15) is 14.7 Å². The number of aldehydes is 1. The number of Topliss-reactive ketones (excluding diaryl/α,β-unsaturated/α-hetero) is 1. The van der Waals surface area contributed by atoms with Crippen molar-refractivity contribution < 1.29 is 14.7 Å². The van der Waals surface area contributed by atoms with Gasteiger partial charge in [0.1, 0.15) is 11.4 Å². The highest BCUT2D eigenvalue weighted by Crippen LogP contribution is 2.32. The number of phenolic OH excluding ortho intramolecular Hbond substituents is 1. The third-order valence-electron chi connectivity index (χ3n) is 4.38. The van der Waals surface area contributed by atoms with Gasteiger partial charge < -0.3 is 15.7 Å². The number of aromatic hydroxyl groups is 1. The highest BCUT2D eigenvalue weighted by atomic mass is 35.5. The molecule has 0 aliphatic heterocycles. The van der Waals surface area contributed by atoms with Crippen LogP contribution in [0.2, 0.25) is 5.02 Å². The molecule has 5 nitrogen and oxygen atoms in total. The molecule has 26 heavy (non-hydrogen) atoms. The number of nitrogens with one attached hydrogen (secondary N) is 2. The second kappa shape index (κ2) is 7.62. The van der Waals surface area contributed by atoms with E-state index in [0.29, 0.717) is 29.1 Å². The molecule has 1 aliphatic carbocycles. The van der Waals surface area contributed by atoms with Crippen LogP contribution < -0.4 is 10.6 Å². The van der Waals surface area contributed by atoms with Gasteiger partial charge >= 0.3 is 0 Å². The Morgan fingerprint density at radius 1 is 1.27 bits per heavy atom. The number of carbonyl (C=O) groups is 2. The molecule has 2 aromatic rings. The van der Waals surface area contributed by atoms with Crippen molar-refractivity contribution >= 4 is 29.4 Å². The van der Waals surface area contributed by atoms with E-state index in [1.807, 2.05) is 31.2 Å². The van der Waals surface area contributed by atoms with E-state index in [2.05, 4.69) is 10.6 Å². The SMILES string of the molecule is CCC(NC1=C(Nc2cccc(C=O)c2O)C(=O)C1)c1cccc(Cl)c1. The molecule has 0 bridgehead atoms. The molecule has 0 amide bonds. The van der Waals surface area contributed by atoms with Crippen LogP contribution in [0, 0.1) is 0 Å². The predicted octanol–water partition coefficient (Wildman–Crippen LogP) is 4.20. The van der Waals surface area contributed by atoms with Crippen molar-refractivity contribution in [2.24, 2.45) is 0 Å². The zero-order valence-corrected chi connectivity index (χ0v) is 15.0. The molecule has 3 N–H and O–H groups in total. The second-order valence-corrected chi connectivity index (χ2v) is 6.54. The van der Waals surface area contributed by atoms with E-state index >= 15 is 0 Å². The van der Waals surface area contributed by atoms with Gasteiger partial charge in [0.2, 0.25) is 0 Å². The van der Waals surface area contributed by atoms with E-state index < -0.39 is 0 Å². The molecule has 1 atom stereocenters. The van der Waals surface area contributed by atoms with Gasteiger partial charge in [-0.25, -0.2) is 0 Å². The van der Waals surface area contributed by atoms with Gasteiger partial charge in [0.15, 0.2) is 12.1 Å². The van der Waals surface area contributed by atoms with Gasteiger partial charge in [-0.1, -0.05) is 36.7 Å². The summed E-state index contributed by atoms with van der Waals surface area (Å²) in [7, 11) is 0. The minimum absolute atomic E-state index is 0.0171. The number of benzene rings is 2. The minimum atomic E-state index is -0.170. The van der Waals surface area contributed by atoms with Crippen molar-refractivity contribution in [1.29, 1.82) is 0 Å². The van der Waals surface area contributed by atoms with E-state index in [4.69, 9.17) is 11.6 Å². The first-order chi connectivity index (χ1) is 12.5. The van der Waals surface area contributed by atoms with Gasteiger partial charge in [0.25, 0.3) is 0 Å². The molecular weight excluding hydrogens is 352 g/mol. The second-order valence-electron chi connectivity index (χ2n) is 6.10. The lowest BCUT2D eigenvalue weighted by Crippen LogP contribution is -2.34. The van der Waals surface area contributed by atoms with Crippen molar-refractivity contribution in [1.82, 2.24) is 5.32 Å². The molecular formula is C20H19ClN2O3. The normalized spacial score (nSPS) is 14.6. The quantitative estimate of drug-likeness (QED) is 0.503. The highest BCUT2D eigenvalue weighted by molar-refractivity contribution is 6.30. The third kappa shape index (κ3) is 3.58. The molecule has 0 saturated heterocycles. The van der Waals surface area contributed by atoms with Crippen molar-refractivity contribution in [2.75, 3.05) is 5.32 Å². The number of halogens is 1. The van der Waals surface area contributed by atoms with Gasteiger partial charge in [-0.2, -0.15) is 0 Å². The molecule has 0 saturated carbocycles. The zero-order valence-electron chi connectivity index (χ0n) is 14.3. The maximum atomic E-state index is 12.0. The minimum Gasteiger partial charge on any atom is -0.505 e. The molecule has 0 fully saturated rings. The van der Waals surface area contributed by atoms with Crippen LogP contribution in [0.25, 0.3) is 0 Å². The number of hydrogen-bond donors (Lipinski definition) is 3. The molecule has 1 aliphatic rings. The largest absolute Gasteiger partial charge is 0.505 e. The van der Waals surface area contributed by atoms with E-state index in [1.165, 1.54) is 6.07 Å². The molecule has 0 aromatic heterocycles. The summed E-state index contributed by atoms with van der Waals surface area (Å²) in [5.74, 6) is -0.222. The monoisotopic (exact) mass is 370 g/mol. The van der Waals surface area contributed by atoms with Gasteiger partial charge in [-0.15, -0.1) is 0 Å². The summed E-state index contributed by atoms with van der Waals surface area (Å²) in [5.41, 5.74) is 2.72. The predicted molar refractivity (Wildman–Crippen MR) is 101 cm³/mol. The highest BCUT2D eigenvalue weighted by Gasteiger charge is 2.29. The molecule has 0 spiro atoms. The Balaban J connectivity index is 1.84. The number of anilines is 1. The van der Waals surface area contributed by atoms with Crippen LogP contribution in [0.4, 0.5) is 5.69 Å². The van der Waals surface area contributed by atoms with Crippen LogP contribution in [0.3, 0.4) is 0 Å². The van der Waals surface area contributed by atoms with E-state index in [0.717, 1.165) is 17.7 Å². The molecule has 134 valence electrons. The first kappa shape index (κ1) is 18.0. The van der Waals surface area contributed by atoms with Gasteiger partial charge in [-0.05, 0) is 36.2 Å². The topological polar surface area (TPSA) is 78.4 Å². The summed E-state index contributed by atoms with van der Waals surface area (Å²) in [5, 5.41) is 17.1. The third-order valence-corrected chi connectivity index (χ3v) is 4.61. The van der Waals surface area contributed by atoms with Crippen LogP contribution in [0.15, 0.2) is 53.9 Å². The Bertz CT molecular complexity index is 892. The van der Waals surface area contributed by atoms with Gasteiger partial charge in [-0.3, -0.25) is 9.59 Å². The number of para-hydroxylation sites is 1. The van der Waals surface area contributed by atoms with Crippen LogP contribution in [-0.2, 0) is 4.79 Å². The van der Waals surface area contributed by atoms with Crippen LogP contribution in [0.5, 0.6) is 5.75 Å². The number of ketones is 1. The first-order valence-electron chi connectivity index (χ1n) is 8.36. The summed E-state index contributed by atoms with van der Waals surface area (Å²) in [6, 6.07) is 12.4. The maximum Gasteiger partial charge on any atom is 0.186 e. The fraction of sp³-hybridized carbons (Fsp3) is 0.200. The standard InChI is InChI=1S/C20H19ClN2O3/c1-2-15(12-5-3-7-14(21)9-12)22-17-10-18(25)19(17)23-16-8-4-6-13(11-24)20(16)26/h3-9,11,15,22-23,26H,2,10H2,1H3. The molecule has 0 radical (unpaired) electrons. The summed E-state index contributed by atoms with van der Waals surface area (Å²) < 4.78 is 0. The Morgan fingerprint density at radius 3 is 2.69 bits per heavy atom. The Morgan fingerprint density at radius 2 is 2.04 bits per heavy atom. The number of phenols is 1. The van der Waals surface area contributed by atoms with Crippen molar-refractivity contribution in [2.45, 2.75) is 25.8 Å². The molecule has 0 heterocycles. The lowest BCUT2D eigenvalue weighted by Gasteiger charge is -2.29. The number of hydrogen-bond acceptors (Lipinski definition) is 5. The van der Waals surface area contributed by atoms with Crippen molar-refractivity contribution in [3.8, 4) is 5.75 Å². The molecule has 1 unspecified atom stereocenters. The Kier molecular flexibility index (Phi) is 5.28. The average Bonchev–Trinajstić information content (AvgIpc) is 2.64. The first-order valence-corrected chi connectivity index (χ1v) is 8.73.